The van der Waals surface area contributed by atoms with Gasteiger partial charge in [0.2, 0.25) is 0 Å². The number of unbranched alkanes of at least 4 members (excludes halogenated alkanes) is 3. The lowest BCUT2D eigenvalue weighted by Crippen LogP contribution is -2.03. The number of nitrogens with one attached hydrogen (secondary N) is 1. The van der Waals surface area contributed by atoms with Crippen LogP contribution in [0, 0.1) is 12.7 Å². The third-order valence-electron chi connectivity index (χ3n) is 2.55. The third-order valence-corrected chi connectivity index (χ3v) is 2.55. The lowest BCUT2D eigenvalue weighted by molar-refractivity contribution is 0.627. The number of aryl methyl sites for hydroxylation is 1. The molecule has 1 N–H and O–H groups in total. The van der Waals surface area contributed by atoms with Crippen LogP contribution in [0.25, 0.3) is 0 Å². The SMILES string of the molecule is CCCCCCNc1cc(F)ccc1C. The second-order valence-corrected chi connectivity index (χ2v) is 3.95. The molecule has 0 bridgehead atoms. The number of anilines is 1. The van der Waals surface area contributed by atoms with E-state index in [-0.39, 0.29) is 5.82 Å². The second kappa shape index (κ2) is 6.44. The van der Waals surface area contributed by atoms with Gasteiger partial charge in [0.15, 0.2) is 0 Å². The van der Waals surface area contributed by atoms with Crippen LogP contribution < -0.4 is 5.32 Å². The number of halogens is 1. The van der Waals surface area contributed by atoms with E-state index in [2.05, 4.69) is 12.2 Å². The van der Waals surface area contributed by atoms with Crippen molar-refractivity contribution in [3.05, 3.63) is 29.6 Å². The van der Waals surface area contributed by atoms with E-state index in [1.807, 2.05) is 13.0 Å². The summed E-state index contributed by atoms with van der Waals surface area (Å²) in [6, 6.07) is 4.87. The lowest BCUT2D eigenvalue weighted by Gasteiger charge is -2.09. The Bertz CT molecular complexity index is 297. The van der Waals surface area contributed by atoms with Crippen molar-refractivity contribution in [1.82, 2.24) is 0 Å². The van der Waals surface area contributed by atoms with Crippen LogP contribution in [0.4, 0.5) is 10.1 Å². The molecule has 15 heavy (non-hydrogen) atoms. The summed E-state index contributed by atoms with van der Waals surface area (Å²) in [6.45, 7) is 5.13. The van der Waals surface area contributed by atoms with Crippen LogP contribution in [0.1, 0.15) is 38.2 Å². The first-order valence-corrected chi connectivity index (χ1v) is 5.74. The molecule has 1 rings (SSSR count). The van der Waals surface area contributed by atoms with Gasteiger partial charge < -0.3 is 5.32 Å². The van der Waals surface area contributed by atoms with Crippen LogP contribution in [-0.2, 0) is 0 Å². The number of rotatable bonds is 6. The lowest BCUT2D eigenvalue weighted by atomic mass is 10.1. The minimum absolute atomic E-state index is 0.170. The third kappa shape index (κ3) is 4.32. The Hall–Kier alpha value is -1.05. The first-order chi connectivity index (χ1) is 7.24. The van der Waals surface area contributed by atoms with Crippen molar-refractivity contribution in [3.63, 3.8) is 0 Å². The van der Waals surface area contributed by atoms with Crippen molar-refractivity contribution < 1.29 is 4.39 Å². The van der Waals surface area contributed by atoms with Crippen LogP contribution in [0.15, 0.2) is 18.2 Å². The maximum atomic E-state index is 12.9. The molecule has 0 heterocycles. The molecule has 0 radical (unpaired) electrons. The summed E-state index contributed by atoms with van der Waals surface area (Å²) in [6.07, 6.45) is 4.93. The van der Waals surface area contributed by atoms with Gasteiger partial charge in [-0.15, -0.1) is 0 Å². The van der Waals surface area contributed by atoms with E-state index in [9.17, 15) is 4.39 Å². The molecule has 0 unspecified atom stereocenters. The van der Waals surface area contributed by atoms with Gasteiger partial charge in [0.1, 0.15) is 5.82 Å². The molecule has 0 saturated carbocycles. The summed E-state index contributed by atoms with van der Waals surface area (Å²) in [7, 11) is 0. The van der Waals surface area contributed by atoms with E-state index in [1.54, 1.807) is 6.07 Å². The van der Waals surface area contributed by atoms with Crippen molar-refractivity contribution in [2.75, 3.05) is 11.9 Å². The van der Waals surface area contributed by atoms with Gasteiger partial charge in [-0.05, 0) is 31.0 Å². The Morgan fingerprint density at radius 3 is 2.73 bits per heavy atom. The van der Waals surface area contributed by atoms with Crippen molar-refractivity contribution >= 4 is 5.69 Å². The Morgan fingerprint density at radius 2 is 2.00 bits per heavy atom. The van der Waals surface area contributed by atoms with Crippen LogP contribution >= 0.6 is 0 Å². The molecular formula is C13H20FN. The molecule has 0 saturated heterocycles. The zero-order valence-electron chi connectivity index (χ0n) is 9.65. The fourth-order valence-corrected chi connectivity index (χ4v) is 1.56. The van der Waals surface area contributed by atoms with Crippen LogP contribution in [0.2, 0.25) is 0 Å². The molecule has 0 aliphatic carbocycles. The zero-order valence-corrected chi connectivity index (χ0v) is 9.65. The van der Waals surface area contributed by atoms with Crippen molar-refractivity contribution in [2.24, 2.45) is 0 Å². The molecule has 1 nitrogen and oxygen atoms in total. The van der Waals surface area contributed by atoms with Crippen molar-refractivity contribution in [2.45, 2.75) is 39.5 Å². The summed E-state index contributed by atoms with van der Waals surface area (Å²) in [5, 5.41) is 3.27. The highest BCUT2D eigenvalue weighted by Gasteiger charge is 1.98. The predicted octanol–water partition coefficient (Wildman–Crippen LogP) is 4.13. The van der Waals surface area contributed by atoms with Crippen LogP contribution in [0.5, 0.6) is 0 Å². The minimum atomic E-state index is -0.170. The average molecular weight is 209 g/mol. The van der Waals surface area contributed by atoms with Crippen molar-refractivity contribution in [1.29, 1.82) is 0 Å². The molecule has 0 amide bonds. The van der Waals surface area contributed by atoms with Gasteiger partial charge in [0.05, 0.1) is 0 Å². The average Bonchev–Trinajstić information content (AvgIpc) is 2.23. The zero-order chi connectivity index (χ0) is 11.1. The highest BCUT2D eigenvalue weighted by Crippen LogP contribution is 2.15. The molecule has 0 aliphatic heterocycles. The van der Waals surface area contributed by atoms with Gasteiger partial charge in [-0.1, -0.05) is 32.3 Å². The van der Waals surface area contributed by atoms with E-state index >= 15 is 0 Å². The fourth-order valence-electron chi connectivity index (χ4n) is 1.56. The number of hydrogen-bond acceptors (Lipinski definition) is 1. The quantitative estimate of drug-likeness (QED) is 0.695. The Balaban J connectivity index is 2.33. The molecule has 0 fully saturated rings. The summed E-state index contributed by atoms with van der Waals surface area (Å²) < 4.78 is 12.9. The van der Waals surface area contributed by atoms with Gasteiger partial charge in [-0.2, -0.15) is 0 Å². The maximum absolute atomic E-state index is 12.9. The first-order valence-electron chi connectivity index (χ1n) is 5.74. The molecule has 84 valence electrons. The molecule has 2 heteroatoms. The van der Waals surface area contributed by atoms with Gasteiger partial charge in [0, 0.05) is 12.2 Å². The molecule has 0 spiro atoms. The number of hydrogen-bond donors (Lipinski definition) is 1. The molecule has 0 aliphatic rings. The summed E-state index contributed by atoms with van der Waals surface area (Å²) >= 11 is 0. The Morgan fingerprint density at radius 1 is 1.20 bits per heavy atom. The Kier molecular flexibility index (Phi) is 5.16. The number of benzene rings is 1. The maximum Gasteiger partial charge on any atom is 0.125 e. The van der Waals surface area contributed by atoms with E-state index in [0.29, 0.717) is 0 Å². The molecular weight excluding hydrogens is 189 g/mol. The van der Waals surface area contributed by atoms with Gasteiger partial charge in [-0.25, -0.2) is 4.39 Å². The van der Waals surface area contributed by atoms with Crippen LogP contribution in [0.3, 0.4) is 0 Å². The summed E-state index contributed by atoms with van der Waals surface area (Å²) in [5.74, 6) is -0.170. The summed E-state index contributed by atoms with van der Waals surface area (Å²) in [4.78, 5) is 0. The molecule has 1 aromatic carbocycles. The smallest absolute Gasteiger partial charge is 0.125 e. The monoisotopic (exact) mass is 209 g/mol. The van der Waals surface area contributed by atoms with Crippen LogP contribution in [-0.4, -0.2) is 6.54 Å². The molecule has 0 aromatic heterocycles. The Labute approximate surface area is 91.7 Å². The van der Waals surface area contributed by atoms with E-state index < -0.39 is 0 Å². The highest BCUT2D eigenvalue weighted by atomic mass is 19.1. The highest BCUT2D eigenvalue weighted by molar-refractivity contribution is 5.50. The fraction of sp³-hybridized carbons (Fsp3) is 0.538. The van der Waals surface area contributed by atoms with E-state index in [1.165, 1.54) is 25.3 Å². The predicted molar refractivity (Wildman–Crippen MR) is 63.8 cm³/mol. The van der Waals surface area contributed by atoms with Gasteiger partial charge in [-0.3, -0.25) is 0 Å². The minimum Gasteiger partial charge on any atom is -0.385 e. The topological polar surface area (TPSA) is 12.0 Å². The van der Waals surface area contributed by atoms with E-state index in [0.717, 1.165) is 24.2 Å². The molecule has 1 aromatic rings. The molecule has 0 atom stereocenters. The first kappa shape index (κ1) is 12.0. The van der Waals surface area contributed by atoms with Crippen molar-refractivity contribution in [3.8, 4) is 0 Å². The van der Waals surface area contributed by atoms with Gasteiger partial charge >= 0.3 is 0 Å². The second-order valence-electron chi connectivity index (χ2n) is 3.95. The normalized spacial score (nSPS) is 10.3. The van der Waals surface area contributed by atoms with E-state index in [4.69, 9.17) is 0 Å². The standard InChI is InChI=1S/C13H20FN/c1-3-4-5-6-9-15-13-10-12(14)8-7-11(13)2/h7-8,10,15H,3-6,9H2,1-2H3. The van der Waals surface area contributed by atoms with Gasteiger partial charge in [0.25, 0.3) is 0 Å². The summed E-state index contributed by atoms with van der Waals surface area (Å²) in [5.41, 5.74) is 2.03. The largest absolute Gasteiger partial charge is 0.385 e.